The summed E-state index contributed by atoms with van der Waals surface area (Å²) >= 11 is 5.30. The van der Waals surface area contributed by atoms with Crippen molar-refractivity contribution >= 4 is 12.2 Å². The van der Waals surface area contributed by atoms with Gasteiger partial charge in [0.2, 0.25) is 0 Å². The number of aromatic amines is 1. The fourth-order valence-corrected chi connectivity index (χ4v) is 2.13. The summed E-state index contributed by atoms with van der Waals surface area (Å²) in [5.74, 6) is 0.874. The van der Waals surface area contributed by atoms with Crippen molar-refractivity contribution in [1.29, 1.82) is 0 Å². The highest BCUT2D eigenvalue weighted by Crippen LogP contribution is 2.13. The van der Waals surface area contributed by atoms with Gasteiger partial charge in [0.15, 0.2) is 0 Å². The van der Waals surface area contributed by atoms with Crippen LogP contribution in [-0.2, 0) is 6.42 Å². The predicted molar refractivity (Wildman–Crippen MR) is 68.1 cm³/mol. The quantitative estimate of drug-likeness (QED) is 0.801. The molecule has 0 atom stereocenters. The van der Waals surface area contributed by atoms with Crippen molar-refractivity contribution < 1.29 is 0 Å². The number of hydrogen-bond acceptors (Lipinski definition) is 2. The number of nitrogens with one attached hydrogen (secondary N) is 1. The molecule has 1 aromatic carbocycles. The van der Waals surface area contributed by atoms with E-state index >= 15 is 0 Å². The van der Waals surface area contributed by atoms with Crippen molar-refractivity contribution in [1.82, 2.24) is 9.97 Å². The lowest BCUT2D eigenvalue weighted by atomic mass is 10.1. The van der Waals surface area contributed by atoms with Crippen molar-refractivity contribution in [2.45, 2.75) is 20.3 Å². The first-order chi connectivity index (χ1) is 7.66. The minimum Gasteiger partial charge on any atom is -0.347 e. The van der Waals surface area contributed by atoms with Gasteiger partial charge in [-0.05, 0) is 19.4 Å². The maximum absolute atomic E-state index is 5.30. The van der Waals surface area contributed by atoms with Crippen LogP contribution in [0.4, 0.5) is 0 Å². The van der Waals surface area contributed by atoms with E-state index in [4.69, 9.17) is 12.2 Å². The summed E-state index contributed by atoms with van der Waals surface area (Å²) in [5, 5.41) is 0. The van der Waals surface area contributed by atoms with E-state index in [2.05, 4.69) is 22.1 Å². The van der Waals surface area contributed by atoms with Gasteiger partial charge < -0.3 is 4.98 Å². The molecule has 0 fully saturated rings. The minimum atomic E-state index is 0.706. The molecule has 3 heteroatoms. The molecule has 0 saturated heterocycles. The summed E-state index contributed by atoms with van der Waals surface area (Å²) in [6.07, 6.45) is 0.843. The zero-order valence-corrected chi connectivity index (χ0v) is 10.3. The van der Waals surface area contributed by atoms with Gasteiger partial charge in [-0.2, -0.15) is 0 Å². The Balaban J connectivity index is 2.39. The molecule has 0 spiro atoms. The van der Waals surface area contributed by atoms with E-state index in [1.54, 1.807) is 0 Å². The molecule has 2 aromatic rings. The molecule has 16 heavy (non-hydrogen) atoms. The van der Waals surface area contributed by atoms with Gasteiger partial charge >= 0.3 is 0 Å². The molecule has 2 rings (SSSR count). The molecule has 1 heterocycles. The van der Waals surface area contributed by atoms with Gasteiger partial charge in [-0.1, -0.05) is 42.5 Å². The standard InChI is InChI=1S/C13H14N2S/c1-9-12(13(16)15-10(2)14-9)8-11-6-4-3-5-7-11/h3-7H,8H2,1-2H3,(H,14,15,16). The molecule has 0 aliphatic heterocycles. The number of benzene rings is 1. The number of H-pyrrole nitrogens is 1. The molecule has 82 valence electrons. The van der Waals surface area contributed by atoms with Crippen molar-refractivity contribution in [2.24, 2.45) is 0 Å². The topological polar surface area (TPSA) is 28.7 Å². The van der Waals surface area contributed by atoms with Crippen LogP contribution in [0.2, 0.25) is 0 Å². The third kappa shape index (κ3) is 2.36. The van der Waals surface area contributed by atoms with Crippen LogP contribution in [-0.4, -0.2) is 9.97 Å². The summed E-state index contributed by atoms with van der Waals surface area (Å²) in [7, 11) is 0. The summed E-state index contributed by atoms with van der Waals surface area (Å²) in [6, 6.07) is 10.3. The van der Waals surface area contributed by atoms with Crippen LogP contribution in [0.5, 0.6) is 0 Å². The van der Waals surface area contributed by atoms with Gasteiger partial charge in [0.1, 0.15) is 10.5 Å². The molecule has 0 unspecified atom stereocenters. The van der Waals surface area contributed by atoms with Gasteiger partial charge in [-0.25, -0.2) is 4.98 Å². The second kappa shape index (κ2) is 4.58. The van der Waals surface area contributed by atoms with E-state index < -0.39 is 0 Å². The lowest BCUT2D eigenvalue weighted by molar-refractivity contribution is 0.948. The Kier molecular flexibility index (Phi) is 3.15. The van der Waals surface area contributed by atoms with Gasteiger partial charge in [0.05, 0.1) is 0 Å². The Morgan fingerprint density at radius 3 is 2.50 bits per heavy atom. The number of nitrogens with zero attached hydrogens (tertiary/aromatic N) is 1. The van der Waals surface area contributed by atoms with Crippen molar-refractivity contribution in [3.63, 3.8) is 0 Å². The maximum atomic E-state index is 5.30. The average Bonchev–Trinajstić information content (AvgIpc) is 2.25. The van der Waals surface area contributed by atoms with Crippen LogP contribution in [0.3, 0.4) is 0 Å². The average molecular weight is 230 g/mol. The summed E-state index contributed by atoms with van der Waals surface area (Å²) < 4.78 is 0.706. The summed E-state index contributed by atoms with van der Waals surface area (Å²) in [5.41, 5.74) is 3.49. The maximum Gasteiger partial charge on any atom is 0.133 e. The van der Waals surface area contributed by atoms with E-state index in [9.17, 15) is 0 Å². The number of aryl methyl sites for hydroxylation is 2. The first-order valence-corrected chi connectivity index (χ1v) is 5.68. The van der Waals surface area contributed by atoms with E-state index in [1.807, 2.05) is 32.0 Å². The van der Waals surface area contributed by atoms with Crippen LogP contribution >= 0.6 is 12.2 Å². The minimum absolute atomic E-state index is 0.706. The highest BCUT2D eigenvalue weighted by atomic mass is 32.1. The van der Waals surface area contributed by atoms with Crippen LogP contribution < -0.4 is 0 Å². The van der Waals surface area contributed by atoms with Gasteiger partial charge in [0.25, 0.3) is 0 Å². The Morgan fingerprint density at radius 1 is 1.19 bits per heavy atom. The molecule has 2 nitrogen and oxygen atoms in total. The normalized spacial score (nSPS) is 10.4. The summed E-state index contributed by atoms with van der Waals surface area (Å²) in [6.45, 7) is 3.97. The molecule has 1 N–H and O–H groups in total. The zero-order chi connectivity index (χ0) is 11.5. The second-order valence-electron chi connectivity index (χ2n) is 3.89. The lowest BCUT2D eigenvalue weighted by Crippen LogP contribution is -2.00. The van der Waals surface area contributed by atoms with Gasteiger partial charge in [0, 0.05) is 17.7 Å². The first-order valence-electron chi connectivity index (χ1n) is 5.27. The molecular weight excluding hydrogens is 216 g/mol. The Bertz CT molecular complexity index is 544. The van der Waals surface area contributed by atoms with Crippen molar-refractivity contribution in [3.8, 4) is 0 Å². The van der Waals surface area contributed by atoms with Crippen molar-refractivity contribution in [3.05, 3.63) is 57.6 Å². The molecule has 0 radical (unpaired) electrons. The number of hydrogen-bond donors (Lipinski definition) is 1. The number of rotatable bonds is 2. The molecule has 1 aromatic heterocycles. The SMILES string of the molecule is Cc1nc(=S)c(Cc2ccccc2)c(C)[nH]1. The van der Waals surface area contributed by atoms with Gasteiger partial charge in [-0.3, -0.25) is 0 Å². The molecule has 0 aliphatic carbocycles. The highest BCUT2D eigenvalue weighted by molar-refractivity contribution is 7.71. The first kappa shape index (κ1) is 11.0. The van der Waals surface area contributed by atoms with Crippen molar-refractivity contribution in [2.75, 3.05) is 0 Å². The number of aromatic nitrogens is 2. The lowest BCUT2D eigenvalue weighted by Gasteiger charge is -2.07. The molecule has 0 amide bonds. The van der Waals surface area contributed by atoms with E-state index in [1.165, 1.54) is 5.56 Å². The largest absolute Gasteiger partial charge is 0.347 e. The Labute approximate surface area is 100 Å². The second-order valence-corrected chi connectivity index (χ2v) is 4.28. The van der Waals surface area contributed by atoms with E-state index in [0.717, 1.165) is 23.5 Å². The third-order valence-electron chi connectivity index (χ3n) is 2.57. The molecular formula is C13H14N2S. The fraction of sp³-hybridized carbons (Fsp3) is 0.231. The summed E-state index contributed by atoms with van der Waals surface area (Å²) in [4.78, 5) is 7.51. The zero-order valence-electron chi connectivity index (χ0n) is 9.45. The molecule has 0 bridgehead atoms. The predicted octanol–water partition coefficient (Wildman–Crippen LogP) is 3.35. The highest BCUT2D eigenvalue weighted by Gasteiger charge is 2.04. The molecule has 0 aliphatic rings. The van der Waals surface area contributed by atoms with E-state index in [0.29, 0.717) is 4.64 Å². The Hall–Kier alpha value is -1.48. The van der Waals surface area contributed by atoms with Crippen LogP contribution in [0.15, 0.2) is 30.3 Å². The van der Waals surface area contributed by atoms with Gasteiger partial charge in [-0.15, -0.1) is 0 Å². The Morgan fingerprint density at radius 2 is 1.88 bits per heavy atom. The monoisotopic (exact) mass is 230 g/mol. The van der Waals surface area contributed by atoms with Crippen LogP contribution in [0.25, 0.3) is 0 Å². The smallest absolute Gasteiger partial charge is 0.133 e. The van der Waals surface area contributed by atoms with Crippen LogP contribution in [0.1, 0.15) is 22.6 Å². The molecule has 0 saturated carbocycles. The van der Waals surface area contributed by atoms with E-state index in [-0.39, 0.29) is 0 Å². The fourth-order valence-electron chi connectivity index (χ4n) is 1.76. The third-order valence-corrected chi connectivity index (χ3v) is 2.91. The van der Waals surface area contributed by atoms with Crippen LogP contribution in [0, 0.1) is 18.5 Å².